The first-order valence-electron chi connectivity index (χ1n) is 4.31. The van der Waals surface area contributed by atoms with Crippen LogP contribution in [0.5, 0.6) is 0 Å². The fraction of sp³-hybridized carbons (Fsp3) is 0.625. The highest BCUT2D eigenvalue weighted by molar-refractivity contribution is 5.85. The van der Waals surface area contributed by atoms with Gasteiger partial charge in [0.2, 0.25) is 0 Å². The van der Waals surface area contributed by atoms with Crippen LogP contribution < -0.4 is 5.32 Å². The normalized spacial score (nSPS) is 9.71. The van der Waals surface area contributed by atoms with Gasteiger partial charge in [-0.05, 0) is 6.92 Å². The maximum atomic E-state index is 11.3. The number of hydrogen-bond acceptors (Lipinski definition) is 4. The van der Waals surface area contributed by atoms with Gasteiger partial charge in [0.05, 0.1) is 6.61 Å². The zero-order valence-corrected chi connectivity index (χ0v) is 9.13. The Kier molecular flexibility index (Phi) is 8.65. The van der Waals surface area contributed by atoms with E-state index in [4.69, 9.17) is 5.11 Å². The minimum Gasteiger partial charge on any atom is -0.480 e. The molecule has 0 aliphatic carbocycles. The first-order valence-corrected chi connectivity index (χ1v) is 4.31. The fourth-order valence-corrected chi connectivity index (χ4v) is 0.459. The van der Waals surface area contributed by atoms with Crippen LogP contribution >= 0.6 is 0 Å². The number of halogens is 3. The minimum atomic E-state index is -5.02. The number of rotatable bonds is 3. The van der Waals surface area contributed by atoms with Gasteiger partial charge < -0.3 is 15.2 Å². The number of alkyl halides is 3. The van der Waals surface area contributed by atoms with E-state index in [1.165, 1.54) is 6.92 Å². The number of nitrogens with one attached hydrogen (secondary N) is 1. The first kappa shape index (κ1) is 17.6. The molecule has 9 heteroatoms. The van der Waals surface area contributed by atoms with Crippen LogP contribution in [0.4, 0.5) is 13.2 Å². The number of ether oxygens (including phenoxy) is 1. The third kappa shape index (κ3) is 14.2. The van der Waals surface area contributed by atoms with Crippen LogP contribution in [0.3, 0.4) is 0 Å². The third-order valence-electron chi connectivity index (χ3n) is 1.01. The summed E-state index contributed by atoms with van der Waals surface area (Å²) in [6, 6.07) is 0. The van der Waals surface area contributed by atoms with Gasteiger partial charge in [-0.2, -0.15) is 13.2 Å². The molecule has 2 N–H and O–H groups in total. The van der Waals surface area contributed by atoms with Crippen LogP contribution in [-0.2, 0) is 19.1 Å². The van der Waals surface area contributed by atoms with Crippen molar-refractivity contribution in [1.29, 1.82) is 0 Å². The molecule has 0 fully saturated rings. The molecule has 0 saturated heterocycles. The van der Waals surface area contributed by atoms with Crippen LogP contribution in [0.1, 0.15) is 13.8 Å². The molecule has 0 spiro atoms. The lowest BCUT2D eigenvalue weighted by Gasteiger charge is -2.04. The van der Waals surface area contributed by atoms with E-state index in [-0.39, 0.29) is 5.97 Å². The Hall–Kier alpha value is -1.80. The van der Waals surface area contributed by atoms with Gasteiger partial charge in [-0.3, -0.25) is 14.4 Å². The van der Waals surface area contributed by atoms with Crippen molar-refractivity contribution in [3.05, 3.63) is 0 Å². The lowest BCUT2D eigenvalue weighted by atomic mass is 10.5. The molecule has 6 nitrogen and oxygen atoms in total. The molecule has 0 bridgehead atoms. The molecule has 0 atom stereocenters. The summed E-state index contributed by atoms with van der Waals surface area (Å²) in [7, 11) is 0. The summed E-state index contributed by atoms with van der Waals surface area (Å²) in [5.74, 6) is -3.99. The molecule has 0 saturated carbocycles. The van der Waals surface area contributed by atoms with Gasteiger partial charge in [0.15, 0.2) is 0 Å². The molecule has 0 heterocycles. The van der Waals surface area contributed by atoms with E-state index in [1.807, 2.05) is 0 Å². The molecule has 17 heavy (non-hydrogen) atoms. The zero-order valence-electron chi connectivity index (χ0n) is 9.13. The molecular weight excluding hydrogens is 247 g/mol. The average molecular weight is 259 g/mol. The van der Waals surface area contributed by atoms with E-state index in [9.17, 15) is 27.6 Å². The molecule has 0 aromatic rings. The minimum absolute atomic E-state index is 0.211. The number of aliphatic carboxylic acids is 1. The Bertz CT molecular complexity index is 277. The van der Waals surface area contributed by atoms with Crippen LogP contribution in [0.25, 0.3) is 0 Å². The van der Waals surface area contributed by atoms with Crippen molar-refractivity contribution in [2.24, 2.45) is 0 Å². The van der Waals surface area contributed by atoms with Crippen molar-refractivity contribution in [2.75, 3.05) is 13.2 Å². The van der Waals surface area contributed by atoms with Crippen molar-refractivity contribution < 1.29 is 37.4 Å². The topological polar surface area (TPSA) is 92.7 Å². The molecule has 100 valence electrons. The number of esters is 1. The maximum Gasteiger partial charge on any atom is 0.471 e. The van der Waals surface area contributed by atoms with Crippen LogP contribution in [0.2, 0.25) is 0 Å². The number of hydrogen-bond donors (Lipinski definition) is 2. The van der Waals surface area contributed by atoms with E-state index in [1.54, 1.807) is 6.92 Å². The van der Waals surface area contributed by atoms with Gasteiger partial charge in [-0.25, -0.2) is 0 Å². The van der Waals surface area contributed by atoms with E-state index in [2.05, 4.69) is 4.74 Å². The van der Waals surface area contributed by atoms with Crippen LogP contribution in [0, 0.1) is 0 Å². The van der Waals surface area contributed by atoms with Crippen molar-refractivity contribution in [3.63, 3.8) is 0 Å². The number of carbonyl (C=O) groups is 3. The summed E-state index contributed by atoms with van der Waals surface area (Å²) in [6.45, 7) is 2.62. The van der Waals surface area contributed by atoms with Gasteiger partial charge in [-0.1, -0.05) is 0 Å². The second-order valence-electron chi connectivity index (χ2n) is 2.50. The summed E-state index contributed by atoms with van der Waals surface area (Å²) in [5, 5.41) is 9.00. The van der Waals surface area contributed by atoms with E-state index in [0.717, 1.165) is 5.32 Å². The maximum absolute atomic E-state index is 11.3. The quantitative estimate of drug-likeness (QED) is 0.712. The Morgan fingerprint density at radius 3 is 1.94 bits per heavy atom. The Morgan fingerprint density at radius 1 is 1.29 bits per heavy atom. The summed E-state index contributed by atoms with van der Waals surface area (Å²) >= 11 is 0. The Morgan fingerprint density at radius 2 is 1.76 bits per heavy atom. The number of carbonyl (C=O) groups excluding carboxylic acids is 2. The molecule has 1 amide bonds. The lowest BCUT2D eigenvalue weighted by molar-refractivity contribution is -0.174. The van der Waals surface area contributed by atoms with E-state index in [0.29, 0.717) is 6.61 Å². The van der Waals surface area contributed by atoms with E-state index >= 15 is 0 Å². The third-order valence-corrected chi connectivity index (χ3v) is 1.01. The lowest BCUT2D eigenvalue weighted by Crippen LogP contribution is -2.39. The largest absolute Gasteiger partial charge is 0.480 e. The number of carboxylic acid groups (broad SMARTS) is 1. The van der Waals surface area contributed by atoms with Crippen molar-refractivity contribution >= 4 is 17.8 Å². The van der Waals surface area contributed by atoms with Crippen molar-refractivity contribution in [3.8, 4) is 0 Å². The standard InChI is InChI=1S/C4H4F3NO3.C4H8O2/c5-4(6,7)3(11)8-1-2(9)10;1-3-6-4(2)5/h1H2,(H,8,11)(H,9,10);3H2,1-2H3. The second-order valence-corrected chi connectivity index (χ2v) is 2.50. The van der Waals surface area contributed by atoms with Crippen molar-refractivity contribution in [2.45, 2.75) is 20.0 Å². The molecule has 0 aromatic carbocycles. The second kappa shape index (κ2) is 8.36. The summed E-state index contributed by atoms with van der Waals surface area (Å²) in [6.07, 6.45) is -5.02. The zero-order chi connectivity index (χ0) is 14.1. The van der Waals surface area contributed by atoms with Gasteiger partial charge in [0, 0.05) is 6.92 Å². The van der Waals surface area contributed by atoms with Crippen LogP contribution in [-0.4, -0.2) is 42.3 Å². The predicted molar refractivity (Wildman–Crippen MR) is 49.0 cm³/mol. The fourth-order valence-electron chi connectivity index (χ4n) is 0.459. The Balaban J connectivity index is 0. The number of carboxylic acids is 1. The molecule has 0 aliphatic heterocycles. The monoisotopic (exact) mass is 259 g/mol. The molecule has 0 rings (SSSR count). The highest BCUT2D eigenvalue weighted by Gasteiger charge is 2.38. The smallest absolute Gasteiger partial charge is 0.471 e. The highest BCUT2D eigenvalue weighted by Crippen LogP contribution is 2.13. The predicted octanol–water partition coefficient (Wildman–Crippen LogP) is 0.319. The van der Waals surface area contributed by atoms with Gasteiger partial charge in [0.1, 0.15) is 6.54 Å². The summed E-state index contributed by atoms with van der Waals surface area (Å²) in [4.78, 5) is 29.3. The van der Waals surface area contributed by atoms with Crippen LogP contribution in [0.15, 0.2) is 0 Å². The molecular formula is C8H12F3NO5. The van der Waals surface area contributed by atoms with Gasteiger partial charge in [0.25, 0.3) is 0 Å². The highest BCUT2D eigenvalue weighted by atomic mass is 19.4. The van der Waals surface area contributed by atoms with Crippen molar-refractivity contribution in [1.82, 2.24) is 5.32 Å². The number of amides is 1. The molecule has 0 radical (unpaired) electrons. The van der Waals surface area contributed by atoms with Gasteiger partial charge in [-0.15, -0.1) is 0 Å². The molecule has 0 aromatic heterocycles. The SMILES string of the molecule is CCOC(C)=O.O=C(O)CNC(=O)C(F)(F)F. The summed E-state index contributed by atoms with van der Waals surface area (Å²) < 4.78 is 38.3. The molecule has 0 aliphatic rings. The Labute approximate surface area is 94.7 Å². The van der Waals surface area contributed by atoms with Gasteiger partial charge >= 0.3 is 24.0 Å². The molecule has 0 unspecified atom stereocenters. The first-order chi connectivity index (χ1) is 7.61. The summed E-state index contributed by atoms with van der Waals surface area (Å²) in [5.41, 5.74) is 0. The average Bonchev–Trinajstić information content (AvgIpc) is 2.13. The van der Waals surface area contributed by atoms with E-state index < -0.39 is 24.6 Å².